The van der Waals surface area contributed by atoms with Crippen LogP contribution in [0.5, 0.6) is 0 Å². The van der Waals surface area contributed by atoms with E-state index in [-0.39, 0.29) is 36.6 Å². The van der Waals surface area contributed by atoms with Crippen LogP contribution in [0.3, 0.4) is 0 Å². The van der Waals surface area contributed by atoms with Gasteiger partial charge in [0.15, 0.2) is 0 Å². The SMILES string of the molecule is CC1CSC2C(NC(=O)CCCCC(NC(=O)CN)C(=O)O)C(=O)N2C1C(=O)O. The van der Waals surface area contributed by atoms with Crippen LogP contribution in [0.25, 0.3) is 0 Å². The summed E-state index contributed by atoms with van der Waals surface area (Å²) >= 11 is 1.45. The van der Waals surface area contributed by atoms with Gasteiger partial charge in [0.05, 0.1) is 6.54 Å². The summed E-state index contributed by atoms with van der Waals surface area (Å²) in [4.78, 5) is 59.6. The van der Waals surface area contributed by atoms with E-state index in [1.54, 1.807) is 6.92 Å². The zero-order chi connectivity index (χ0) is 21.7. The quantitative estimate of drug-likeness (QED) is 0.205. The topological polar surface area (TPSA) is 179 Å². The van der Waals surface area contributed by atoms with Crippen LogP contribution in [0.4, 0.5) is 0 Å². The Bertz CT molecular complexity index is 689. The molecular weight excluding hydrogens is 404 g/mol. The Balaban J connectivity index is 1.76. The molecule has 3 amide bonds. The number of β-lactam (4-membered cyclic amide) rings is 1. The number of amides is 3. The third-order valence-electron chi connectivity index (χ3n) is 4.98. The fraction of sp³-hybridized carbons (Fsp3) is 0.706. The number of rotatable bonds is 10. The van der Waals surface area contributed by atoms with Crippen LogP contribution >= 0.6 is 11.8 Å². The summed E-state index contributed by atoms with van der Waals surface area (Å²) in [6, 6.07) is -2.68. The molecule has 2 saturated heterocycles. The number of hydrogen-bond donors (Lipinski definition) is 5. The Morgan fingerprint density at radius 3 is 2.52 bits per heavy atom. The molecule has 0 aromatic carbocycles. The van der Waals surface area contributed by atoms with Gasteiger partial charge in [-0.25, -0.2) is 9.59 Å². The van der Waals surface area contributed by atoms with E-state index in [2.05, 4.69) is 10.6 Å². The first-order valence-electron chi connectivity index (χ1n) is 9.35. The number of nitrogens with two attached hydrogens (primary N) is 1. The Kier molecular flexibility index (Phi) is 7.85. The first-order chi connectivity index (χ1) is 13.7. The van der Waals surface area contributed by atoms with E-state index in [1.165, 1.54) is 16.7 Å². The van der Waals surface area contributed by atoms with Crippen molar-refractivity contribution in [3.05, 3.63) is 0 Å². The monoisotopic (exact) mass is 430 g/mol. The van der Waals surface area contributed by atoms with Gasteiger partial charge >= 0.3 is 11.9 Å². The van der Waals surface area contributed by atoms with Crippen LogP contribution in [-0.4, -0.2) is 80.6 Å². The van der Waals surface area contributed by atoms with Crippen LogP contribution < -0.4 is 16.4 Å². The molecule has 5 atom stereocenters. The van der Waals surface area contributed by atoms with Gasteiger partial charge in [-0.05, 0) is 18.8 Å². The summed E-state index contributed by atoms with van der Waals surface area (Å²) in [6.07, 6.45) is 1.01. The molecule has 2 rings (SSSR count). The number of carboxylic acid groups (broad SMARTS) is 2. The molecule has 29 heavy (non-hydrogen) atoms. The number of nitrogens with zero attached hydrogens (tertiary/aromatic N) is 1. The summed E-state index contributed by atoms with van der Waals surface area (Å²) < 4.78 is 0. The Morgan fingerprint density at radius 1 is 1.24 bits per heavy atom. The van der Waals surface area contributed by atoms with Crippen LogP contribution in [0.15, 0.2) is 0 Å². The predicted octanol–water partition coefficient (Wildman–Crippen LogP) is -1.44. The van der Waals surface area contributed by atoms with E-state index < -0.39 is 41.9 Å². The number of carbonyl (C=O) groups is 5. The summed E-state index contributed by atoms with van der Waals surface area (Å²) in [5.74, 6) is -3.12. The van der Waals surface area contributed by atoms with Crippen LogP contribution in [0.1, 0.15) is 32.6 Å². The molecule has 0 radical (unpaired) electrons. The Hall–Kier alpha value is -2.34. The van der Waals surface area contributed by atoms with Gasteiger partial charge in [0, 0.05) is 12.2 Å². The van der Waals surface area contributed by atoms with Crippen LogP contribution in [0, 0.1) is 5.92 Å². The highest BCUT2D eigenvalue weighted by Gasteiger charge is 2.56. The highest BCUT2D eigenvalue weighted by Crippen LogP contribution is 2.40. The van der Waals surface area contributed by atoms with E-state index in [1.807, 2.05) is 0 Å². The summed E-state index contributed by atoms with van der Waals surface area (Å²) in [7, 11) is 0. The molecule has 2 heterocycles. The second-order valence-corrected chi connectivity index (χ2v) is 8.33. The number of fused-ring (bicyclic) bond motifs is 1. The number of nitrogens with one attached hydrogen (secondary N) is 2. The molecule has 12 heteroatoms. The molecule has 0 spiro atoms. The van der Waals surface area contributed by atoms with Gasteiger partial charge in [0.2, 0.25) is 17.7 Å². The fourth-order valence-corrected chi connectivity index (χ4v) is 4.92. The molecule has 2 aliphatic heterocycles. The van der Waals surface area contributed by atoms with Gasteiger partial charge in [-0.3, -0.25) is 14.4 Å². The molecule has 162 valence electrons. The third kappa shape index (κ3) is 5.38. The minimum atomic E-state index is -1.17. The molecule has 2 aliphatic rings. The van der Waals surface area contributed by atoms with Gasteiger partial charge < -0.3 is 31.5 Å². The van der Waals surface area contributed by atoms with Crippen molar-refractivity contribution in [3.63, 3.8) is 0 Å². The Labute approximate surface area is 171 Å². The highest BCUT2D eigenvalue weighted by atomic mass is 32.2. The van der Waals surface area contributed by atoms with E-state index in [4.69, 9.17) is 10.8 Å². The number of carbonyl (C=O) groups excluding carboxylic acids is 3. The molecule has 5 unspecified atom stereocenters. The number of thioether (sulfide) groups is 1. The molecule has 0 aromatic heterocycles. The maximum absolute atomic E-state index is 12.3. The van der Waals surface area contributed by atoms with E-state index in [0.29, 0.717) is 18.6 Å². The minimum Gasteiger partial charge on any atom is -0.480 e. The lowest BCUT2D eigenvalue weighted by Crippen LogP contribution is -2.75. The average molecular weight is 430 g/mol. The summed E-state index contributed by atoms with van der Waals surface area (Å²) in [6.45, 7) is 1.47. The van der Waals surface area contributed by atoms with Gasteiger partial charge in [-0.2, -0.15) is 0 Å². The standard InChI is InChI=1S/C17H26N4O7S/c1-8-7-29-15-12(14(24)21(15)13(8)17(27)28)20-10(22)5-3-2-4-9(16(25)26)19-11(23)6-18/h8-9,12-13,15H,2-7,18H2,1H3,(H,19,23)(H,20,22)(H,25,26)(H,27,28). The maximum atomic E-state index is 12.3. The van der Waals surface area contributed by atoms with Crippen molar-refractivity contribution in [3.8, 4) is 0 Å². The lowest BCUT2D eigenvalue weighted by Gasteiger charge is -2.53. The van der Waals surface area contributed by atoms with Crippen LogP contribution in [-0.2, 0) is 24.0 Å². The molecule has 0 bridgehead atoms. The van der Waals surface area contributed by atoms with Gasteiger partial charge in [0.1, 0.15) is 23.5 Å². The van der Waals surface area contributed by atoms with Crippen molar-refractivity contribution in [2.45, 2.75) is 56.1 Å². The molecule has 0 saturated carbocycles. The highest BCUT2D eigenvalue weighted by molar-refractivity contribution is 8.00. The fourth-order valence-electron chi connectivity index (χ4n) is 3.46. The summed E-state index contributed by atoms with van der Waals surface area (Å²) in [5.41, 5.74) is 5.15. The molecule has 0 aromatic rings. The maximum Gasteiger partial charge on any atom is 0.326 e. The van der Waals surface area contributed by atoms with Crippen molar-refractivity contribution in [1.29, 1.82) is 0 Å². The summed E-state index contributed by atoms with van der Waals surface area (Å²) in [5, 5.41) is 23.0. The number of hydrogen-bond acceptors (Lipinski definition) is 7. The first kappa shape index (κ1) is 22.9. The number of carboxylic acids is 2. The normalized spacial score (nSPS) is 26.7. The first-order valence-corrected chi connectivity index (χ1v) is 10.4. The average Bonchev–Trinajstić information content (AvgIpc) is 2.67. The van der Waals surface area contributed by atoms with Gasteiger partial charge in [-0.1, -0.05) is 13.3 Å². The molecule has 0 aliphatic carbocycles. The van der Waals surface area contributed by atoms with Gasteiger partial charge in [0.25, 0.3) is 0 Å². The number of unbranched alkanes of at least 4 members (excludes halogenated alkanes) is 1. The molecule has 11 nitrogen and oxygen atoms in total. The van der Waals surface area contributed by atoms with Crippen molar-refractivity contribution < 1.29 is 34.2 Å². The minimum absolute atomic E-state index is 0.0943. The lowest BCUT2D eigenvalue weighted by molar-refractivity contribution is -0.164. The third-order valence-corrected chi connectivity index (χ3v) is 6.54. The largest absolute Gasteiger partial charge is 0.480 e. The van der Waals surface area contributed by atoms with E-state index in [9.17, 15) is 29.1 Å². The van der Waals surface area contributed by atoms with Crippen molar-refractivity contribution in [2.75, 3.05) is 12.3 Å². The zero-order valence-corrected chi connectivity index (χ0v) is 16.8. The van der Waals surface area contributed by atoms with E-state index in [0.717, 1.165) is 0 Å². The second-order valence-electron chi connectivity index (χ2n) is 7.18. The predicted molar refractivity (Wildman–Crippen MR) is 103 cm³/mol. The van der Waals surface area contributed by atoms with Crippen molar-refractivity contribution in [1.82, 2.24) is 15.5 Å². The molecular formula is C17H26N4O7S. The zero-order valence-electron chi connectivity index (χ0n) is 16.0. The van der Waals surface area contributed by atoms with Gasteiger partial charge in [-0.15, -0.1) is 11.8 Å². The molecule has 2 fully saturated rings. The van der Waals surface area contributed by atoms with Crippen molar-refractivity contribution in [2.24, 2.45) is 11.7 Å². The van der Waals surface area contributed by atoms with Crippen LogP contribution in [0.2, 0.25) is 0 Å². The lowest BCUT2D eigenvalue weighted by atomic mass is 9.95. The smallest absolute Gasteiger partial charge is 0.326 e. The second kappa shape index (κ2) is 9.92. The Morgan fingerprint density at radius 2 is 1.93 bits per heavy atom. The molecule has 6 N–H and O–H groups in total. The van der Waals surface area contributed by atoms with E-state index >= 15 is 0 Å². The van der Waals surface area contributed by atoms with Crippen molar-refractivity contribution >= 4 is 41.4 Å². The number of aliphatic carboxylic acids is 2.